The molecule has 10 nitrogen and oxygen atoms in total. The largest absolute Gasteiger partial charge is 0.383 e. The number of likely N-dealkylation sites (tertiary alicyclic amines) is 1. The molecule has 2 aromatic carbocycles. The smallest absolute Gasteiger partial charge is 0.321 e. The number of nitrogens with zero attached hydrogens (tertiary/aromatic N) is 5. The summed E-state index contributed by atoms with van der Waals surface area (Å²) in [6.45, 7) is 1.79. The van der Waals surface area contributed by atoms with Gasteiger partial charge in [-0.3, -0.25) is 9.48 Å². The van der Waals surface area contributed by atoms with Crippen LogP contribution in [-0.2, 0) is 13.6 Å². The maximum atomic E-state index is 13.1. The first kappa shape index (κ1) is 26.9. The molecule has 0 spiro atoms. The number of carbonyl (C=O) groups is 2. The molecule has 1 aliphatic heterocycles. The number of hydrogen-bond acceptors (Lipinski definition) is 6. The van der Waals surface area contributed by atoms with E-state index < -0.39 is 0 Å². The number of nitrogens with two attached hydrogens (primary N) is 1. The number of pyridine rings is 1. The lowest BCUT2D eigenvalue weighted by Gasteiger charge is -2.18. The fraction of sp³-hybridized carbons (Fsp3) is 0.267. The maximum absolute atomic E-state index is 13.1. The first-order chi connectivity index (χ1) is 19.2. The quantitative estimate of drug-likeness (QED) is 0.329. The summed E-state index contributed by atoms with van der Waals surface area (Å²) in [7, 11) is 5.92. The molecule has 2 aromatic heterocycles. The highest BCUT2D eigenvalue weighted by molar-refractivity contribution is 5.99. The van der Waals surface area contributed by atoms with Gasteiger partial charge in [0.1, 0.15) is 5.82 Å². The normalized spacial score (nSPS) is 14.9. The van der Waals surface area contributed by atoms with Crippen LogP contribution < -0.4 is 16.4 Å². The highest BCUT2D eigenvalue weighted by Crippen LogP contribution is 2.25. The molecule has 1 aliphatic rings. The van der Waals surface area contributed by atoms with Crippen LogP contribution in [0.1, 0.15) is 22.3 Å². The lowest BCUT2D eigenvalue weighted by molar-refractivity contribution is 0.0938. The molecule has 206 valence electrons. The zero-order valence-corrected chi connectivity index (χ0v) is 23.0. The monoisotopic (exact) mass is 538 g/mol. The van der Waals surface area contributed by atoms with E-state index in [1.54, 1.807) is 28.0 Å². The summed E-state index contributed by atoms with van der Waals surface area (Å²) in [5, 5.41) is 10.2. The van der Waals surface area contributed by atoms with Crippen LogP contribution in [0.4, 0.5) is 16.3 Å². The van der Waals surface area contributed by atoms with Crippen LogP contribution in [0.25, 0.3) is 22.3 Å². The van der Waals surface area contributed by atoms with Crippen molar-refractivity contribution in [2.24, 2.45) is 7.05 Å². The standard InChI is InChI=1S/C30H34N8O2/c1-36(2)17-20-6-4-7-21(12-20)22-8-5-9-25(13-22)35-30(40)38-11-10-26(19-38)34-29(39)27-14-23(15-32-28(27)31)24-16-33-37(3)18-24/h4-9,12-16,18,26H,10-11,17,19H2,1-3H3,(H2,31,32)(H,34,39)(H,35,40)/t26-/m1/s1. The number of amides is 3. The molecule has 4 N–H and O–H groups in total. The Bertz CT molecular complexity index is 1530. The van der Waals surface area contributed by atoms with Gasteiger partial charge < -0.3 is 26.2 Å². The van der Waals surface area contributed by atoms with E-state index in [0.717, 1.165) is 34.5 Å². The number of anilines is 2. The van der Waals surface area contributed by atoms with Gasteiger partial charge >= 0.3 is 6.03 Å². The summed E-state index contributed by atoms with van der Waals surface area (Å²) in [5.41, 5.74) is 12.0. The van der Waals surface area contributed by atoms with Crippen molar-refractivity contribution in [3.05, 3.63) is 84.3 Å². The Kier molecular flexibility index (Phi) is 7.79. The Morgan fingerprint density at radius 1 is 1.02 bits per heavy atom. The maximum Gasteiger partial charge on any atom is 0.321 e. The van der Waals surface area contributed by atoms with E-state index in [1.165, 1.54) is 5.56 Å². The van der Waals surface area contributed by atoms with E-state index in [2.05, 4.69) is 49.9 Å². The van der Waals surface area contributed by atoms with Gasteiger partial charge in [-0.1, -0.05) is 30.3 Å². The van der Waals surface area contributed by atoms with Crippen LogP contribution in [0.15, 0.2) is 73.2 Å². The molecule has 0 saturated carbocycles. The van der Waals surface area contributed by atoms with Gasteiger partial charge in [0.25, 0.3) is 5.91 Å². The lowest BCUT2D eigenvalue weighted by atomic mass is 10.0. The molecule has 10 heteroatoms. The van der Waals surface area contributed by atoms with Crippen molar-refractivity contribution >= 4 is 23.4 Å². The minimum absolute atomic E-state index is 0.157. The number of aromatic nitrogens is 3. The first-order valence-corrected chi connectivity index (χ1v) is 13.2. The van der Waals surface area contributed by atoms with E-state index in [1.807, 2.05) is 51.6 Å². The fourth-order valence-electron chi connectivity index (χ4n) is 4.90. The second kappa shape index (κ2) is 11.6. The van der Waals surface area contributed by atoms with Crippen LogP contribution in [-0.4, -0.2) is 69.7 Å². The molecule has 3 heterocycles. The number of hydrogen-bond donors (Lipinski definition) is 3. The van der Waals surface area contributed by atoms with E-state index in [-0.39, 0.29) is 23.8 Å². The predicted molar refractivity (Wildman–Crippen MR) is 157 cm³/mol. The first-order valence-electron chi connectivity index (χ1n) is 13.2. The van der Waals surface area contributed by atoms with Gasteiger partial charge in [-0.25, -0.2) is 9.78 Å². The van der Waals surface area contributed by atoms with Gasteiger partial charge in [0.05, 0.1) is 11.8 Å². The second-order valence-electron chi connectivity index (χ2n) is 10.4. The van der Waals surface area contributed by atoms with E-state index in [4.69, 9.17) is 5.73 Å². The molecule has 1 fully saturated rings. The van der Waals surface area contributed by atoms with Crippen molar-refractivity contribution in [2.75, 3.05) is 38.2 Å². The second-order valence-corrected chi connectivity index (χ2v) is 10.4. The summed E-state index contributed by atoms with van der Waals surface area (Å²) in [5.74, 6) is -0.155. The molecule has 0 radical (unpaired) electrons. The third-order valence-corrected chi connectivity index (χ3v) is 6.88. The predicted octanol–water partition coefficient (Wildman–Crippen LogP) is 3.83. The van der Waals surface area contributed by atoms with Gasteiger partial charge in [-0.05, 0) is 61.5 Å². The fourth-order valence-corrected chi connectivity index (χ4v) is 4.90. The number of rotatable bonds is 7. The topological polar surface area (TPSA) is 121 Å². The van der Waals surface area contributed by atoms with Gasteiger partial charge in [0.2, 0.25) is 0 Å². The SMILES string of the molecule is CN(C)Cc1cccc(-c2cccc(NC(=O)N3CC[C@@H](NC(=O)c4cc(-c5cnn(C)c5)cnc4N)C3)c2)c1. The summed E-state index contributed by atoms with van der Waals surface area (Å²) < 4.78 is 1.68. The zero-order valence-electron chi connectivity index (χ0n) is 23.0. The summed E-state index contributed by atoms with van der Waals surface area (Å²) in [6.07, 6.45) is 5.83. The molecule has 1 saturated heterocycles. The minimum Gasteiger partial charge on any atom is -0.383 e. The number of benzene rings is 2. The Labute approximate surface area is 233 Å². The van der Waals surface area contributed by atoms with Crippen LogP contribution >= 0.6 is 0 Å². The summed E-state index contributed by atoms with van der Waals surface area (Å²) in [6, 6.07) is 17.6. The summed E-state index contributed by atoms with van der Waals surface area (Å²) >= 11 is 0. The van der Waals surface area contributed by atoms with Crippen LogP contribution in [0.2, 0.25) is 0 Å². The molecule has 0 bridgehead atoms. The van der Waals surface area contributed by atoms with Crippen LogP contribution in [0.5, 0.6) is 0 Å². The molecule has 0 unspecified atom stereocenters. The zero-order chi connectivity index (χ0) is 28.2. The Morgan fingerprint density at radius 2 is 1.80 bits per heavy atom. The van der Waals surface area contributed by atoms with Gasteiger partial charge in [0.15, 0.2) is 0 Å². The van der Waals surface area contributed by atoms with Gasteiger partial charge in [-0.2, -0.15) is 5.10 Å². The number of carbonyl (C=O) groups excluding carboxylic acids is 2. The van der Waals surface area contributed by atoms with Gasteiger partial charge in [0, 0.05) is 61.9 Å². The molecule has 40 heavy (non-hydrogen) atoms. The molecule has 3 amide bonds. The molecular weight excluding hydrogens is 504 g/mol. The van der Waals surface area contributed by atoms with Crippen LogP contribution in [0.3, 0.4) is 0 Å². The Balaban J connectivity index is 1.20. The van der Waals surface area contributed by atoms with Crippen molar-refractivity contribution in [1.82, 2.24) is 29.9 Å². The van der Waals surface area contributed by atoms with Gasteiger partial charge in [-0.15, -0.1) is 0 Å². The Hall–Kier alpha value is -4.70. The average Bonchev–Trinajstić information content (AvgIpc) is 3.58. The summed E-state index contributed by atoms with van der Waals surface area (Å²) in [4.78, 5) is 34.2. The molecule has 5 rings (SSSR count). The number of nitrogen functional groups attached to an aromatic ring is 1. The average molecular weight is 539 g/mol. The molecule has 1 atom stereocenters. The van der Waals surface area contributed by atoms with Crippen molar-refractivity contribution in [3.8, 4) is 22.3 Å². The molecule has 4 aromatic rings. The van der Waals surface area contributed by atoms with Crippen molar-refractivity contribution in [1.29, 1.82) is 0 Å². The third kappa shape index (κ3) is 6.29. The van der Waals surface area contributed by atoms with Crippen molar-refractivity contribution in [3.63, 3.8) is 0 Å². The highest BCUT2D eigenvalue weighted by Gasteiger charge is 2.28. The highest BCUT2D eigenvalue weighted by atomic mass is 16.2. The van der Waals surface area contributed by atoms with E-state index in [9.17, 15) is 9.59 Å². The number of urea groups is 1. The van der Waals surface area contributed by atoms with Crippen LogP contribution in [0, 0.1) is 0 Å². The minimum atomic E-state index is -0.313. The number of nitrogens with one attached hydrogen (secondary N) is 2. The lowest BCUT2D eigenvalue weighted by Crippen LogP contribution is -2.40. The Morgan fingerprint density at radius 3 is 2.55 bits per heavy atom. The van der Waals surface area contributed by atoms with Crippen molar-refractivity contribution in [2.45, 2.75) is 19.0 Å². The third-order valence-electron chi connectivity index (χ3n) is 6.88. The number of aryl methyl sites for hydroxylation is 1. The van der Waals surface area contributed by atoms with E-state index >= 15 is 0 Å². The van der Waals surface area contributed by atoms with Crippen molar-refractivity contribution < 1.29 is 9.59 Å². The van der Waals surface area contributed by atoms with E-state index in [0.29, 0.717) is 25.1 Å². The molecule has 0 aliphatic carbocycles. The molecular formula is C30H34N8O2.